The highest BCUT2D eigenvalue weighted by Crippen LogP contribution is 2.23. The quantitative estimate of drug-likeness (QED) is 0.592. The number of nitrogens with one attached hydrogen (secondary N) is 1. The Labute approximate surface area is 140 Å². The van der Waals surface area contributed by atoms with E-state index in [1.165, 1.54) is 6.20 Å². The van der Waals surface area contributed by atoms with Gasteiger partial charge in [-0.25, -0.2) is 9.48 Å². The number of rotatable bonds is 8. The van der Waals surface area contributed by atoms with Crippen molar-refractivity contribution < 1.29 is 14.3 Å². The van der Waals surface area contributed by atoms with Crippen LogP contribution in [0.25, 0.3) is 5.69 Å². The van der Waals surface area contributed by atoms with E-state index in [4.69, 9.17) is 21.1 Å². The fraction of sp³-hybridized carbons (Fsp3) is 0.375. The molecule has 23 heavy (non-hydrogen) atoms. The predicted molar refractivity (Wildman–Crippen MR) is 88.1 cm³/mol. The molecule has 0 spiro atoms. The van der Waals surface area contributed by atoms with Crippen molar-refractivity contribution in [2.45, 2.75) is 13.5 Å². The second-order valence-corrected chi connectivity index (χ2v) is 5.17. The Morgan fingerprint density at radius 3 is 2.87 bits per heavy atom. The normalized spacial score (nSPS) is 10.7. The number of hydrogen-bond donors (Lipinski definition) is 1. The van der Waals surface area contributed by atoms with Crippen LogP contribution in [-0.4, -0.2) is 42.6 Å². The number of methoxy groups -OCH3 is 1. The molecular formula is C16H20ClN3O3. The number of aromatic nitrogens is 2. The first kappa shape index (κ1) is 17.5. The van der Waals surface area contributed by atoms with Crippen LogP contribution < -0.4 is 5.32 Å². The van der Waals surface area contributed by atoms with E-state index >= 15 is 0 Å². The molecule has 0 saturated carbocycles. The largest absolute Gasteiger partial charge is 0.462 e. The Kier molecular flexibility index (Phi) is 6.58. The van der Waals surface area contributed by atoms with Crippen molar-refractivity contribution in [2.24, 2.45) is 0 Å². The fourth-order valence-electron chi connectivity index (χ4n) is 2.14. The van der Waals surface area contributed by atoms with Gasteiger partial charge in [0.1, 0.15) is 5.56 Å². The van der Waals surface area contributed by atoms with Crippen molar-refractivity contribution in [2.75, 3.05) is 26.9 Å². The maximum atomic E-state index is 12.1. The van der Waals surface area contributed by atoms with Crippen LogP contribution in [0, 0.1) is 0 Å². The highest BCUT2D eigenvalue weighted by atomic mass is 35.5. The van der Waals surface area contributed by atoms with E-state index in [1.54, 1.807) is 24.8 Å². The zero-order valence-electron chi connectivity index (χ0n) is 13.2. The van der Waals surface area contributed by atoms with Gasteiger partial charge in [0, 0.05) is 20.2 Å². The lowest BCUT2D eigenvalue weighted by molar-refractivity contribution is 0.0525. The molecule has 6 nitrogen and oxygen atoms in total. The van der Waals surface area contributed by atoms with Gasteiger partial charge >= 0.3 is 5.97 Å². The van der Waals surface area contributed by atoms with Crippen LogP contribution in [-0.2, 0) is 16.0 Å². The van der Waals surface area contributed by atoms with Gasteiger partial charge in [-0.2, -0.15) is 5.10 Å². The summed E-state index contributed by atoms with van der Waals surface area (Å²) in [5.41, 5.74) is 1.84. The number of benzene rings is 1. The lowest BCUT2D eigenvalue weighted by Gasteiger charge is -2.11. The van der Waals surface area contributed by atoms with Crippen LogP contribution in [0.3, 0.4) is 0 Å². The smallest absolute Gasteiger partial charge is 0.341 e. The molecule has 0 fully saturated rings. The van der Waals surface area contributed by atoms with Crippen LogP contribution in [0.2, 0.25) is 5.02 Å². The molecule has 0 radical (unpaired) electrons. The van der Waals surface area contributed by atoms with E-state index in [-0.39, 0.29) is 0 Å². The van der Waals surface area contributed by atoms with Crippen LogP contribution in [0.1, 0.15) is 23.0 Å². The van der Waals surface area contributed by atoms with Crippen LogP contribution in [0.5, 0.6) is 0 Å². The lowest BCUT2D eigenvalue weighted by atomic mass is 10.2. The van der Waals surface area contributed by atoms with Gasteiger partial charge in [-0.1, -0.05) is 23.7 Å². The van der Waals surface area contributed by atoms with E-state index in [0.717, 1.165) is 0 Å². The Balaban J connectivity index is 2.34. The molecule has 0 atom stereocenters. The van der Waals surface area contributed by atoms with E-state index in [0.29, 0.717) is 48.3 Å². The zero-order valence-corrected chi connectivity index (χ0v) is 14.0. The molecule has 124 valence electrons. The average molecular weight is 338 g/mol. The molecule has 0 saturated heterocycles. The zero-order chi connectivity index (χ0) is 16.7. The third-order valence-electron chi connectivity index (χ3n) is 3.22. The van der Waals surface area contributed by atoms with Gasteiger partial charge in [0.25, 0.3) is 0 Å². The van der Waals surface area contributed by atoms with Crippen LogP contribution in [0.4, 0.5) is 0 Å². The van der Waals surface area contributed by atoms with Crippen molar-refractivity contribution in [3.63, 3.8) is 0 Å². The summed E-state index contributed by atoms with van der Waals surface area (Å²) in [5, 5.41) is 8.09. The summed E-state index contributed by atoms with van der Waals surface area (Å²) in [5.74, 6) is -0.394. The first-order chi connectivity index (χ1) is 11.2. The molecule has 0 bridgehead atoms. The predicted octanol–water partition coefficient (Wildman–Crippen LogP) is 2.44. The van der Waals surface area contributed by atoms with Crippen molar-refractivity contribution in [3.8, 4) is 5.69 Å². The summed E-state index contributed by atoms with van der Waals surface area (Å²) < 4.78 is 11.8. The first-order valence-corrected chi connectivity index (χ1v) is 7.75. The highest BCUT2D eigenvalue weighted by Gasteiger charge is 2.20. The summed E-state index contributed by atoms with van der Waals surface area (Å²) >= 11 is 6.25. The molecule has 1 aromatic carbocycles. The van der Waals surface area contributed by atoms with E-state index in [1.807, 2.05) is 18.2 Å². The van der Waals surface area contributed by atoms with Gasteiger partial charge in [0.2, 0.25) is 0 Å². The third kappa shape index (κ3) is 4.31. The molecule has 7 heteroatoms. The summed E-state index contributed by atoms with van der Waals surface area (Å²) in [6, 6.07) is 7.35. The molecular weight excluding hydrogens is 318 g/mol. The number of carbonyl (C=O) groups excluding carboxylic acids is 1. The summed E-state index contributed by atoms with van der Waals surface area (Å²) in [6.07, 6.45) is 1.51. The van der Waals surface area contributed by atoms with Gasteiger partial charge in [0.15, 0.2) is 0 Å². The van der Waals surface area contributed by atoms with E-state index < -0.39 is 5.97 Å². The number of para-hydroxylation sites is 1. The minimum atomic E-state index is -0.394. The summed E-state index contributed by atoms with van der Waals surface area (Å²) in [7, 11) is 1.64. The molecule has 0 aliphatic heterocycles. The average Bonchev–Trinajstić information content (AvgIpc) is 2.96. The van der Waals surface area contributed by atoms with E-state index in [9.17, 15) is 4.79 Å². The lowest BCUT2D eigenvalue weighted by Crippen LogP contribution is -2.22. The van der Waals surface area contributed by atoms with Gasteiger partial charge < -0.3 is 14.8 Å². The molecule has 0 amide bonds. The number of halogens is 1. The second-order valence-electron chi connectivity index (χ2n) is 4.76. The van der Waals surface area contributed by atoms with Crippen molar-refractivity contribution in [1.29, 1.82) is 0 Å². The number of ether oxygens (including phenoxy) is 2. The second kappa shape index (κ2) is 8.67. The molecule has 0 aliphatic carbocycles. The maximum absolute atomic E-state index is 12.1. The molecule has 1 aromatic heterocycles. The first-order valence-electron chi connectivity index (χ1n) is 7.37. The molecule has 2 aromatic rings. The number of hydrogen-bond acceptors (Lipinski definition) is 5. The van der Waals surface area contributed by atoms with Gasteiger partial charge in [-0.15, -0.1) is 0 Å². The summed E-state index contributed by atoms with van der Waals surface area (Å²) in [6.45, 7) is 3.77. The van der Waals surface area contributed by atoms with Crippen LogP contribution >= 0.6 is 11.6 Å². The summed E-state index contributed by atoms with van der Waals surface area (Å²) in [4.78, 5) is 12.1. The Bertz CT molecular complexity index is 658. The number of esters is 1. The standard InChI is InChI=1S/C16H20ClN3O3/c1-3-23-16(21)12-10-19-20(14-7-5-4-6-13(14)17)15(12)11-18-8-9-22-2/h4-7,10,18H,3,8-9,11H2,1-2H3. The van der Waals surface area contributed by atoms with E-state index in [2.05, 4.69) is 10.4 Å². The van der Waals surface area contributed by atoms with Crippen molar-refractivity contribution >= 4 is 17.6 Å². The SMILES string of the molecule is CCOC(=O)c1cnn(-c2ccccc2Cl)c1CNCCOC. The van der Waals surface area contributed by atoms with Gasteiger partial charge in [-0.05, 0) is 19.1 Å². The van der Waals surface area contributed by atoms with Crippen LogP contribution in [0.15, 0.2) is 30.5 Å². The number of nitrogens with zero attached hydrogens (tertiary/aromatic N) is 2. The minimum Gasteiger partial charge on any atom is -0.462 e. The Morgan fingerprint density at radius 1 is 1.39 bits per heavy atom. The Hall–Kier alpha value is -1.89. The third-order valence-corrected chi connectivity index (χ3v) is 3.54. The van der Waals surface area contributed by atoms with Gasteiger partial charge in [-0.3, -0.25) is 0 Å². The minimum absolute atomic E-state index is 0.312. The van der Waals surface area contributed by atoms with Crippen molar-refractivity contribution in [1.82, 2.24) is 15.1 Å². The molecule has 1 heterocycles. The molecule has 0 aliphatic rings. The van der Waals surface area contributed by atoms with Gasteiger partial charge in [0.05, 0.1) is 35.8 Å². The number of carbonyl (C=O) groups is 1. The monoisotopic (exact) mass is 337 g/mol. The molecule has 2 rings (SSSR count). The maximum Gasteiger partial charge on any atom is 0.341 e. The molecule has 0 unspecified atom stereocenters. The highest BCUT2D eigenvalue weighted by molar-refractivity contribution is 6.32. The fourth-order valence-corrected chi connectivity index (χ4v) is 2.35. The molecule has 1 N–H and O–H groups in total. The topological polar surface area (TPSA) is 65.4 Å². The Morgan fingerprint density at radius 2 is 2.17 bits per heavy atom. The van der Waals surface area contributed by atoms with Crippen molar-refractivity contribution in [3.05, 3.63) is 46.7 Å².